The van der Waals surface area contributed by atoms with E-state index in [2.05, 4.69) is 22.9 Å². The van der Waals surface area contributed by atoms with Gasteiger partial charge in [0, 0.05) is 10.4 Å². The van der Waals surface area contributed by atoms with Gasteiger partial charge in [0.05, 0.1) is 0 Å². The first-order valence-electron chi connectivity index (χ1n) is 3.73. The topological polar surface area (TPSA) is 17.1 Å². The lowest BCUT2D eigenvalue weighted by Gasteiger charge is -2.01. The molecule has 0 aromatic rings. The fourth-order valence-electron chi connectivity index (χ4n) is 1.29. The number of rotatable bonds is 2. The molecule has 1 rings (SSSR count). The molecule has 0 radical (unpaired) electrons. The van der Waals surface area contributed by atoms with Crippen LogP contribution in [-0.4, -0.2) is 6.29 Å². The zero-order chi connectivity index (χ0) is 8.27. The molecule has 1 aliphatic carbocycles. The van der Waals surface area contributed by atoms with Crippen LogP contribution in [-0.2, 0) is 4.79 Å². The Kier molecular flexibility index (Phi) is 3.06. The molecular formula is C9H11BrO. The van der Waals surface area contributed by atoms with E-state index in [0.717, 1.165) is 19.1 Å². The van der Waals surface area contributed by atoms with Gasteiger partial charge in [-0.1, -0.05) is 27.6 Å². The molecule has 60 valence electrons. The number of aldehydes is 1. The fourth-order valence-corrected chi connectivity index (χ4v) is 1.87. The summed E-state index contributed by atoms with van der Waals surface area (Å²) in [6.45, 7) is 2.12. The van der Waals surface area contributed by atoms with Crippen LogP contribution in [0.4, 0.5) is 0 Å². The lowest BCUT2D eigenvalue weighted by Crippen LogP contribution is -1.88. The highest BCUT2D eigenvalue weighted by Crippen LogP contribution is 2.36. The second-order valence-corrected chi connectivity index (χ2v) is 3.65. The first-order chi connectivity index (χ1) is 5.25. The number of halogens is 1. The zero-order valence-corrected chi connectivity index (χ0v) is 8.10. The van der Waals surface area contributed by atoms with Gasteiger partial charge in [-0.3, -0.25) is 4.79 Å². The molecule has 0 saturated heterocycles. The summed E-state index contributed by atoms with van der Waals surface area (Å²) in [6.07, 6.45) is 6.64. The molecule has 0 saturated carbocycles. The van der Waals surface area contributed by atoms with Gasteiger partial charge >= 0.3 is 0 Å². The van der Waals surface area contributed by atoms with Crippen LogP contribution in [0.2, 0.25) is 0 Å². The molecular weight excluding hydrogens is 204 g/mol. The summed E-state index contributed by atoms with van der Waals surface area (Å²) < 4.78 is 1.26. The quantitative estimate of drug-likeness (QED) is 0.511. The van der Waals surface area contributed by atoms with Crippen LogP contribution < -0.4 is 0 Å². The summed E-state index contributed by atoms with van der Waals surface area (Å²) in [5, 5.41) is 0. The summed E-state index contributed by atoms with van der Waals surface area (Å²) in [5.41, 5.74) is 1.41. The van der Waals surface area contributed by atoms with Crippen LogP contribution in [0.15, 0.2) is 22.2 Å². The number of hydrogen-bond donors (Lipinski definition) is 0. The third-order valence-corrected chi connectivity index (χ3v) is 3.25. The summed E-state index contributed by atoms with van der Waals surface area (Å²) in [6, 6.07) is 0. The molecule has 1 unspecified atom stereocenters. The maximum atomic E-state index is 10.0. The van der Waals surface area contributed by atoms with Crippen molar-refractivity contribution < 1.29 is 4.79 Å². The zero-order valence-electron chi connectivity index (χ0n) is 6.51. The van der Waals surface area contributed by atoms with Crippen LogP contribution in [0.5, 0.6) is 0 Å². The van der Waals surface area contributed by atoms with Crippen molar-refractivity contribution in [3.8, 4) is 0 Å². The molecule has 1 atom stereocenters. The first kappa shape index (κ1) is 8.72. The van der Waals surface area contributed by atoms with E-state index in [4.69, 9.17) is 0 Å². The highest BCUT2D eigenvalue weighted by molar-refractivity contribution is 9.11. The average Bonchev–Trinajstić information content (AvgIpc) is 2.31. The minimum absolute atomic E-state index is 0.445. The predicted octanol–water partition coefficient (Wildman–Crippen LogP) is 2.82. The molecule has 0 amide bonds. The van der Waals surface area contributed by atoms with Crippen LogP contribution in [0.3, 0.4) is 0 Å². The number of carbonyl (C=O) groups is 1. The van der Waals surface area contributed by atoms with E-state index in [1.807, 2.05) is 6.08 Å². The van der Waals surface area contributed by atoms with Crippen LogP contribution in [0.25, 0.3) is 0 Å². The summed E-state index contributed by atoms with van der Waals surface area (Å²) in [7, 11) is 0. The fraction of sp³-hybridized carbons (Fsp3) is 0.444. The van der Waals surface area contributed by atoms with Crippen molar-refractivity contribution in [1.29, 1.82) is 0 Å². The minimum Gasteiger partial charge on any atom is -0.299 e. The van der Waals surface area contributed by atoms with Crippen molar-refractivity contribution in [2.75, 3.05) is 0 Å². The molecule has 0 N–H and O–H groups in total. The predicted molar refractivity (Wildman–Crippen MR) is 49.6 cm³/mol. The van der Waals surface area contributed by atoms with Gasteiger partial charge < -0.3 is 0 Å². The third kappa shape index (κ3) is 2.03. The highest BCUT2D eigenvalue weighted by Gasteiger charge is 2.17. The van der Waals surface area contributed by atoms with Crippen LogP contribution in [0.1, 0.15) is 19.8 Å². The molecule has 0 aromatic carbocycles. The summed E-state index contributed by atoms with van der Waals surface area (Å²) in [5.74, 6) is 0.445. The first-order valence-corrected chi connectivity index (χ1v) is 4.52. The highest BCUT2D eigenvalue weighted by atomic mass is 79.9. The normalized spacial score (nSPS) is 25.1. The van der Waals surface area contributed by atoms with Gasteiger partial charge in [-0.05, 0) is 25.8 Å². The van der Waals surface area contributed by atoms with Crippen molar-refractivity contribution in [1.82, 2.24) is 0 Å². The second-order valence-electron chi connectivity index (χ2n) is 2.79. The number of carbonyl (C=O) groups excluding carboxylic acids is 1. The van der Waals surface area contributed by atoms with Gasteiger partial charge in [-0.2, -0.15) is 0 Å². The Morgan fingerprint density at radius 3 is 2.82 bits per heavy atom. The summed E-state index contributed by atoms with van der Waals surface area (Å²) >= 11 is 3.51. The molecule has 1 nitrogen and oxygen atoms in total. The van der Waals surface area contributed by atoms with Gasteiger partial charge in [0.2, 0.25) is 0 Å². The summed E-state index contributed by atoms with van der Waals surface area (Å²) in [4.78, 5) is 10.0. The Balaban J connectivity index is 2.63. The Morgan fingerprint density at radius 1 is 1.64 bits per heavy atom. The van der Waals surface area contributed by atoms with Gasteiger partial charge in [0.1, 0.15) is 6.29 Å². The van der Waals surface area contributed by atoms with Crippen molar-refractivity contribution >= 4 is 22.2 Å². The van der Waals surface area contributed by atoms with Crippen LogP contribution in [0, 0.1) is 5.92 Å². The van der Waals surface area contributed by atoms with Gasteiger partial charge in [0.25, 0.3) is 0 Å². The second kappa shape index (κ2) is 3.86. The Labute approximate surface area is 75.3 Å². The van der Waals surface area contributed by atoms with Gasteiger partial charge in [0.15, 0.2) is 0 Å². The van der Waals surface area contributed by atoms with Gasteiger partial charge in [-0.25, -0.2) is 0 Å². The third-order valence-electron chi connectivity index (χ3n) is 1.99. The molecule has 1 aliphatic rings. The number of allylic oxidation sites excluding steroid dienone is 4. The SMILES string of the molecule is CC1=C(Br)C(C=CC=O)CC1. The average molecular weight is 215 g/mol. The largest absolute Gasteiger partial charge is 0.299 e. The smallest absolute Gasteiger partial charge is 0.142 e. The van der Waals surface area contributed by atoms with Crippen LogP contribution >= 0.6 is 15.9 Å². The van der Waals surface area contributed by atoms with E-state index in [1.54, 1.807) is 6.08 Å². The van der Waals surface area contributed by atoms with Crippen molar-refractivity contribution in [2.45, 2.75) is 19.8 Å². The van der Waals surface area contributed by atoms with E-state index in [0.29, 0.717) is 5.92 Å². The van der Waals surface area contributed by atoms with Crippen molar-refractivity contribution in [3.05, 3.63) is 22.2 Å². The molecule has 0 aromatic heterocycles. The van der Waals surface area contributed by atoms with Gasteiger partial charge in [-0.15, -0.1) is 0 Å². The molecule has 11 heavy (non-hydrogen) atoms. The standard InChI is InChI=1S/C9H11BrO/c1-7-4-5-8(9(7)10)3-2-6-11/h2-3,6,8H,4-5H2,1H3. The maximum absolute atomic E-state index is 10.0. The lowest BCUT2D eigenvalue weighted by molar-refractivity contribution is -0.104. The Morgan fingerprint density at radius 2 is 2.36 bits per heavy atom. The number of hydrogen-bond acceptors (Lipinski definition) is 1. The molecule has 0 heterocycles. The molecule has 0 bridgehead atoms. The van der Waals surface area contributed by atoms with E-state index in [9.17, 15) is 4.79 Å². The van der Waals surface area contributed by atoms with E-state index in [-0.39, 0.29) is 0 Å². The molecule has 0 aliphatic heterocycles. The monoisotopic (exact) mass is 214 g/mol. The molecule has 0 spiro atoms. The lowest BCUT2D eigenvalue weighted by atomic mass is 10.1. The molecule has 0 fully saturated rings. The molecule has 2 heteroatoms. The minimum atomic E-state index is 0.445. The van der Waals surface area contributed by atoms with Crippen molar-refractivity contribution in [3.63, 3.8) is 0 Å². The van der Waals surface area contributed by atoms with E-state index >= 15 is 0 Å². The maximum Gasteiger partial charge on any atom is 0.142 e. The van der Waals surface area contributed by atoms with E-state index < -0.39 is 0 Å². The Hall–Kier alpha value is -0.370. The Bertz CT molecular complexity index is 216. The van der Waals surface area contributed by atoms with Crippen molar-refractivity contribution in [2.24, 2.45) is 5.92 Å². The van der Waals surface area contributed by atoms with E-state index in [1.165, 1.54) is 10.1 Å².